The molecule has 2 saturated heterocycles. The average Bonchev–Trinajstić information content (AvgIpc) is 2.54. The minimum absolute atomic E-state index is 0.768. The monoisotopic (exact) mass is 217 g/mol. The topological polar surface area (TPSA) is 19.4 Å². The van der Waals surface area contributed by atoms with Crippen molar-refractivity contribution in [2.24, 2.45) is 0 Å². The lowest BCUT2D eigenvalue weighted by atomic mass is 10.1. The van der Waals surface area contributed by atoms with Gasteiger partial charge in [0.25, 0.3) is 0 Å². The third kappa shape index (κ3) is 1.85. The molecule has 1 aromatic heterocycles. The summed E-state index contributed by atoms with van der Waals surface area (Å²) >= 11 is 0. The van der Waals surface area contributed by atoms with Gasteiger partial charge in [-0.1, -0.05) is 6.07 Å². The van der Waals surface area contributed by atoms with Crippen molar-refractivity contribution in [2.75, 3.05) is 20.1 Å². The van der Waals surface area contributed by atoms with E-state index in [2.05, 4.69) is 27.9 Å². The van der Waals surface area contributed by atoms with E-state index in [1.165, 1.54) is 31.5 Å². The van der Waals surface area contributed by atoms with Crippen LogP contribution in [0, 0.1) is 0 Å². The summed E-state index contributed by atoms with van der Waals surface area (Å²) in [5.74, 6) is 0. The normalized spacial score (nSPS) is 30.8. The van der Waals surface area contributed by atoms with E-state index in [1.54, 1.807) is 0 Å². The van der Waals surface area contributed by atoms with E-state index in [-0.39, 0.29) is 0 Å². The summed E-state index contributed by atoms with van der Waals surface area (Å²) in [6.45, 7) is 3.55. The van der Waals surface area contributed by atoms with Crippen molar-refractivity contribution < 1.29 is 0 Å². The van der Waals surface area contributed by atoms with E-state index >= 15 is 0 Å². The SMILES string of the molecule is CN1CC2CCC(C1)N2Cc1cccnc1. The Kier molecular flexibility index (Phi) is 2.65. The molecule has 16 heavy (non-hydrogen) atoms. The molecule has 0 aliphatic carbocycles. The lowest BCUT2D eigenvalue weighted by molar-refractivity contribution is 0.0759. The zero-order valence-electron chi connectivity index (χ0n) is 9.84. The summed E-state index contributed by atoms with van der Waals surface area (Å²) in [4.78, 5) is 9.35. The van der Waals surface area contributed by atoms with E-state index in [0.717, 1.165) is 18.6 Å². The maximum atomic E-state index is 4.20. The molecule has 0 spiro atoms. The minimum Gasteiger partial charge on any atom is -0.303 e. The fourth-order valence-corrected chi connectivity index (χ4v) is 3.16. The summed E-state index contributed by atoms with van der Waals surface area (Å²) < 4.78 is 0. The van der Waals surface area contributed by atoms with Crippen molar-refractivity contribution in [3.05, 3.63) is 30.1 Å². The van der Waals surface area contributed by atoms with Gasteiger partial charge in [0, 0.05) is 44.1 Å². The van der Waals surface area contributed by atoms with E-state index < -0.39 is 0 Å². The fourth-order valence-electron chi connectivity index (χ4n) is 3.16. The number of nitrogens with zero attached hydrogens (tertiary/aromatic N) is 3. The van der Waals surface area contributed by atoms with Crippen LogP contribution in [0.3, 0.4) is 0 Å². The maximum Gasteiger partial charge on any atom is 0.0312 e. The van der Waals surface area contributed by atoms with Crippen LogP contribution in [-0.4, -0.2) is 47.0 Å². The molecule has 1 aromatic rings. The highest BCUT2D eigenvalue weighted by Crippen LogP contribution is 2.30. The van der Waals surface area contributed by atoms with Gasteiger partial charge < -0.3 is 4.90 Å². The van der Waals surface area contributed by atoms with Gasteiger partial charge in [-0.05, 0) is 31.5 Å². The maximum absolute atomic E-state index is 4.20. The quantitative estimate of drug-likeness (QED) is 0.745. The van der Waals surface area contributed by atoms with Crippen molar-refractivity contribution in [2.45, 2.75) is 31.5 Å². The van der Waals surface area contributed by atoms with Crippen LogP contribution in [0.5, 0.6) is 0 Å². The molecule has 3 heteroatoms. The van der Waals surface area contributed by atoms with Gasteiger partial charge in [0.05, 0.1) is 0 Å². The minimum atomic E-state index is 0.768. The smallest absolute Gasteiger partial charge is 0.0312 e. The molecule has 2 aliphatic heterocycles. The summed E-state index contributed by atoms with van der Waals surface area (Å²) in [5.41, 5.74) is 1.35. The molecule has 3 heterocycles. The van der Waals surface area contributed by atoms with Gasteiger partial charge in [-0.15, -0.1) is 0 Å². The van der Waals surface area contributed by atoms with Crippen LogP contribution in [0.2, 0.25) is 0 Å². The summed E-state index contributed by atoms with van der Waals surface area (Å²) in [6, 6.07) is 5.76. The van der Waals surface area contributed by atoms with Crippen molar-refractivity contribution in [3.63, 3.8) is 0 Å². The number of aromatic nitrogens is 1. The van der Waals surface area contributed by atoms with Crippen molar-refractivity contribution in [3.8, 4) is 0 Å². The van der Waals surface area contributed by atoms with Gasteiger partial charge in [-0.3, -0.25) is 9.88 Å². The van der Waals surface area contributed by atoms with Crippen LogP contribution in [-0.2, 0) is 6.54 Å². The first-order chi connectivity index (χ1) is 7.83. The van der Waals surface area contributed by atoms with Crippen LogP contribution in [0.15, 0.2) is 24.5 Å². The highest BCUT2D eigenvalue weighted by atomic mass is 15.3. The average molecular weight is 217 g/mol. The second kappa shape index (κ2) is 4.15. The Morgan fingerprint density at radius 1 is 1.31 bits per heavy atom. The molecule has 3 nitrogen and oxygen atoms in total. The lowest BCUT2D eigenvalue weighted by Gasteiger charge is -2.39. The van der Waals surface area contributed by atoms with Crippen LogP contribution in [0.25, 0.3) is 0 Å². The zero-order valence-corrected chi connectivity index (χ0v) is 9.84. The number of pyridine rings is 1. The molecule has 0 radical (unpaired) electrons. The van der Waals surface area contributed by atoms with Gasteiger partial charge in [-0.25, -0.2) is 0 Å². The number of likely N-dealkylation sites (tertiary alicyclic amines) is 1. The first-order valence-electron chi connectivity index (χ1n) is 6.16. The van der Waals surface area contributed by atoms with Crippen molar-refractivity contribution >= 4 is 0 Å². The summed E-state index contributed by atoms with van der Waals surface area (Å²) in [5, 5.41) is 0. The first-order valence-corrected chi connectivity index (χ1v) is 6.16. The first kappa shape index (κ1) is 10.2. The third-order valence-corrected chi connectivity index (χ3v) is 3.90. The van der Waals surface area contributed by atoms with Gasteiger partial charge in [0.1, 0.15) is 0 Å². The molecule has 3 rings (SSSR count). The molecule has 2 atom stereocenters. The van der Waals surface area contributed by atoms with Gasteiger partial charge >= 0.3 is 0 Å². The van der Waals surface area contributed by atoms with Crippen LogP contribution < -0.4 is 0 Å². The molecular weight excluding hydrogens is 198 g/mol. The lowest BCUT2D eigenvalue weighted by Crippen LogP contribution is -2.51. The molecule has 2 bridgehead atoms. The van der Waals surface area contributed by atoms with E-state index in [4.69, 9.17) is 0 Å². The highest BCUT2D eigenvalue weighted by Gasteiger charge is 2.38. The van der Waals surface area contributed by atoms with E-state index in [9.17, 15) is 0 Å². The molecule has 0 amide bonds. The molecule has 0 N–H and O–H groups in total. The second-order valence-electron chi connectivity index (χ2n) is 5.14. The Morgan fingerprint density at radius 3 is 2.69 bits per heavy atom. The van der Waals surface area contributed by atoms with E-state index in [0.29, 0.717) is 0 Å². The second-order valence-corrected chi connectivity index (χ2v) is 5.14. The number of likely N-dealkylation sites (N-methyl/N-ethyl adjacent to an activating group) is 1. The Balaban J connectivity index is 1.72. The number of hydrogen-bond donors (Lipinski definition) is 0. The number of rotatable bonds is 2. The van der Waals surface area contributed by atoms with Crippen LogP contribution >= 0.6 is 0 Å². The third-order valence-electron chi connectivity index (χ3n) is 3.90. The Bertz CT molecular complexity index is 337. The standard InChI is InChI=1S/C13H19N3/c1-15-9-12-4-5-13(10-15)16(12)8-11-3-2-6-14-7-11/h2-3,6-7,12-13H,4-5,8-10H2,1H3. The van der Waals surface area contributed by atoms with Gasteiger partial charge in [-0.2, -0.15) is 0 Å². The summed E-state index contributed by atoms with van der Waals surface area (Å²) in [6.07, 6.45) is 6.59. The summed E-state index contributed by atoms with van der Waals surface area (Å²) in [7, 11) is 2.24. The number of hydrogen-bond acceptors (Lipinski definition) is 3. The predicted octanol–water partition coefficient (Wildman–Crippen LogP) is 1.36. The molecule has 0 saturated carbocycles. The Labute approximate surface area is 97.1 Å². The predicted molar refractivity (Wildman–Crippen MR) is 64.1 cm³/mol. The molecule has 2 fully saturated rings. The molecular formula is C13H19N3. The largest absolute Gasteiger partial charge is 0.303 e. The Hall–Kier alpha value is -0.930. The molecule has 2 unspecified atom stereocenters. The fraction of sp³-hybridized carbons (Fsp3) is 0.615. The van der Waals surface area contributed by atoms with Crippen LogP contribution in [0.4, 0.5) is 0 Å². The molecule has 0 aromatic carbocycles. The molecule has 2 aliphatic rings. The number of fused-ring (bicyclic) bond motifs is 2. The van der Waals surface area contributed by atoms with E-state index in [1.807, 2.05) is 18.5 Å². The van der Waals surface area contributed by atoms with Gasteiger partial charge in [0.2, 0.25) is 0 Å². The number of piperazine rings is 1. The van der Waals surface area contributed by atoms with Crippen molar-refractivity contribution in [1.29, 1.82) is 0 Å². The Morgan fingerprint density at radius 2 is 2.06 bits per heavy atom. The zero-order chi connectivity index (χ0) is 11.0. The molecule has 86 valence electrons. The van der Waals surface area contributed by atoms with Crippen LogP contribution in [0.1, 0.15) is 18.4 Å². The van der Waals surface area contributed by atoms with Crippen molar-refractivity contribution in [1.82, 2.24) is 14.8 Å². The van der Waals surface area contributed by atoms with Gasteiger partial charge in [0.15, 0.2) is 0 Å². The highest BCUT2D eigenvalue weighted by molar-refractivity contribution is 5.10.